The van der Waals surface area contributed by atoms with Gasteiger partial charge in [0, 0.05) is 15.5 Å². The topological polar surface area (TPSA) is 24.9 Å². The predicted molar refractivity (Wildman–Crippen MR) is 72.0 cm³/mol. The van der Waals surface area contributed by atoms with E-state index < -0.39 is 0 Å². The van der Waals surface area contributed by atoms with Crippen molar-refractivity contribution in [3.8, 4) is 0 Å². The van der Waals surface area contributed by atoms with Crippen LogP contribution in [-0.4, -0.2) is 4.98 Å². The van der Waals surface area contributed by atoms with E-state index in [2.05, 4.69) is 61.2 Å². The normalized spacial score (nSPS) is 10.3. The first-order valence-corrected chi connectivity index (χ1v) is 6.75. The Morgan fingerprint density at radius 1 is 1.27 bits per heavy atom. The number of halogens is 2. The number of hydrogen-bond acceptors (Lipinski definition) is 3. The molecule has 0 unspecified atom stereocenters. The smallest absolute Gasteiger partial charge is 0.188 e. The Hall–Kier alpha value is -0.390. The third-order valence-corrected chi connectivity index (χ3v) is 3.69. The van der Waals surface area contributed by atoms with Crippen molar-refractivity contribution < 1.29 is 0 Å². The molecule has 0 radical (unpaired) electrons. The number of hydrogen-bond donors (Lipinski definition) is 1. The average Bonchev–Trinajstić information content (AvgIpc) is 2.49. The standard InChI is InChI=1S/C10H8Br2N2S/c1-6-2-7(11)4-8(3-6)13-10-14-9(12)5-15-10/h2-5H,1H3,(H,13,14). The number of aryl methyl sites for hydroxylation is 1. The van der Waals surface area contributed by atoms with Gasteiger partial charge in [0.1, 0.15) is 4.60 Å². The number of aromatic nitrogens is 1. The van der Waals surface area contributed by atoms with Gasteiger partial charge in [0.2, 0.25) is 0 Å². The largest absolute Gasteiger partial charge is 0.331 e. The predicted octanol–water partition coefficient (Wildman–Crippen LogP) is 4.72. The SMILES string of the molecule is Cc1cc(Br)cc(Nc2nc(Br)cs2)c1. The van der Waals surface area contributed by atoms with E-state index in [9.17, 15) is 0 Å². The first-order chi connectivity index (χ1) is 7.13. The Balaban J connectivity index is 2.24. The van der Waals surface area contributed by atoms with Gasteiger partial charge >= 0.3 is 0 Å². The maximum absolute atomic E-state index is 4.27. The maximum atomic E-state index is 4.27. The highest BCUT2D eigenvalue weighted by Crippen LogP contribution is 2.26. The summed E-state index contributed by atoms with van der Waals surface area (Å²) in [6, 6.07) is 6.19. The van der Waals surface area contributed by atoms with Gasteiger partial charge in [0.05, 0.1) is 0 Å². The number of nitrogens with zero attached hydrogens (tertiary/aromatic N) is 1. The summed E-state index contributed by atoms with van der Waals surface area (Å²) in [6.45, 7) is 2.06. The van der Waals surface area contributed by atoms with Gasteiger partial charge in [0.15, 0.2) is 5.13 Å². The number of nitrogens with one attached hydrogen (secondary N) is 1. The fraction of sp³-hybridized carbons (Fsp3) is 0.100. The van der Waals surface area contributed by atoms with Crippen molar-refractivity contribution in [2.75, 3.05) is 5.32 Å². The molecule has 0 fully saturated rings. The van der Waals surface area contributed by atoms with E-state index in [-0.39, 0.29) is 0 Å². The Kier molecular flexibility index (Phi) is 3.43. The number of anilines is 2. The van der Waals surface area contributed by atoms with Crippen LogP contribution in [0.4, 0.5) is 10.8 Å². The second-order valence-electron chi connectivity index (χ2n) is 3.12. The van der Waals surface area contributed by atoms with Crippen molar-refractivity contribution in [3.63, 3.8) is 0 Å². The van der Waals surface area contributed by atoms with Crippen molar-refractivity contribution in [3.05, 3.63) is 38.2 Å². The Morgan fingerprint density at radius 2 is 2.07 bits per heavy atom. The minimum absolute atomic E-state index is 0.863. The highest BCUT2D eigenvalue weighted by molar-refractivity contribution is 9.10. The van der Waals surface area contributed by atoms with Gasteiger partial charge in [-0.3, -0.25) is 0 Å². The van der Waals surface area contributed by atoms with Gasteiger partial charge < -0.3 is 5.32 Å². The Bertz CT molecular complexity index is 462. The molecule has 1 aromatic carbocycles. The van der Waals surface area contributed by atoms with E-state index in [4.69, 9.17) is 0 Å². The maximum Gasteiger partial charge on any atom is 0.188 e. The van der Waals surface area contributed by atoms with E-state index in [1.165, 1.54) is 5.56 Å². The van der Waals surface area contributed by atoms with Gasteiger partial charge in [-0.05, 0) is 46.6 Å². The lowest BCUT2D eigenvalue weighted by Crippen LogP contribution is -1.89. The Labute approximate surface area is 109 Å². The zero-order valence-electron chi connectivity index (χ0n) is 7.92. The summed E-state index contributed by atoms with van der Waals surface area (Å²) in [5.41, 5.74) is 2.26. The van der Waals surface area contributed by atoms with Crippen molar-refractivity contribution in [2.45, 2.75) is 6.92 Å². The number of rotatable bonds is 2. The molecule has 0 saturated heterocycles. The second-order valence-corrected chi connectivity index (χ2v) is 5.70. The van der Waals surface area contributed by atoms with Gasteiger partial charge in [-0.15, -0.1) is 11.3 Å². The van der Waals surface area contributed by atoms with Crippen LogP contribution in [0.5, 0.6) is 0 Å². The number of thiazole rings is 1. The lowest BCUT2D eigenvalue weighted by atomic mass is 10.2. The van der Waals surface area contributed by atoms with Crippen molar-refractivity contribution in [1.29, 1.82) is 0 Å². The molecule has 0 amide bonds. The molecule has 15 heavy (non-hydrogen) atoms. The van der Waals surface area contributed by atoms with Crippen molar-refractivity contribution in [1.82, 2.24) is 4.98 Å². The molecule has 78 valence electrons. The van der Waals surface area contributed by atoms with Gasteiger partial charge in [-0.1, -0.05) is 15.9 Å². The fourth-order valence-electron chi connectivity index (χ4n) is 1.24. The first-order valence-electron chi connectivity index (χ1n) is 4.29. The van der Waals surface area contributed by atoms with Crippen molar-refractivity contribution in [2.24, 2.45) is 0 Å². The van der Waals surface area contributed by atoms with Crippen LogP contribution in [0.25, 0.3) is 0 Å². The van der Waals surface area contributed by atoms with E-state index in [1.807, 2.05) is 11.4 Å². The molecular formula is C10H8Br2N2S. The van der Waals surface area contributed by atoms with Crippen LogP contribution in [0.1, 0.15) is 5.56 Å². The van der Waals surface area contributed by atoms with Crippen molar-refractivity contribution >= 4 is 54.0 Å². The van der Waals surface area contributed by atoms with Gasteiger partial charge in [-0.25, -0.2) is 4.98 Å². The molecule has 2 nitrogen and oxygen atoms in total. The van der Waals surface area contributed by atoms with E-state index in [1.54, 1.807) is 11.3 Å². The highest BCUT2D eigenvalue weighted by Gasteiger charge is 2.01. The summed E-state index contributed by atoms with van der Waals surface area (Å²) in [7, 11) is 0. The molecule has 2 aromatic rings. The molecule has 0 aliphatic heterocycles. The molecule has 1 heterocycles. The summed E-state index contributed by atoms with van der Waals surface area (Å²) in [6.07, 6.45) is 0. The monoisotopic (exact) mass is 346 g/mol. The van der Waals surface area contributed by atoms with E-state index >= 15 is 0 Å². The van der Waals surface area contributed by atoms with Crippen LogP contribution >= 0.6 is 43.2 Å². The summed E-state index contributed by atoms with van der Waals surface area (Å²) in [5, 5.41) is 6.09. The average molecular weight is 348 g/mol. The Morgan fingerprint density at radius 3 is 2.67 bits per heavy atom. The zero-order valence-corrected chi connectivity index (χ0v) is 11.9. The summed E-state index contributed by atoms with van der Waals surface area (Å²) in [4.78, 5) is 4.27. The quantitative estimate of drug-likeness (QED) is 0.850. The lowest BCUT2D eigenvalue weighted by Gasteiger charge is -2.04. The van der Waals surface area contributed by atoms with E-state index in [0.29, 0.717) is 0 Å². The summed E-state index contributed by atoms with van der Waals surface area (Å²) in [5.74, 6) is 0. The minimum atomic E-state index is 0.863. The van der Waals surface area contributed by atoms with Crippen LogP contribution in [0.15, 0.2) is 32.7 Å². The van der Waals surface area contributed by atoms with Crippen LogP contribution in [-0.2, 0) is 0 Å². The third-order valence-electron chi connectivity index (χ3n) is 1.77. The molecule has 0 spiro atoms. The zero-order chi connectivity index (χ0) is 10.8. The summed E-state index contributed by atoms with van der Waals surface area (Å²) >= 11 is 8.36. The summed E-state index contributed by atoms with van der Waals surface area (Å²) < 4.78 is 1.93. The number of benzene rings is 1. The molecule has 0 saturated carbocycles. The molecule has 0 bridgehead atoms. The van der Waals surface area contributed by atoms with E-state index in [0.717, 1.165) is 19.9 Å². The first kappa shape index (κ1) is 11.1. The van der Waals surface area contributed by atoms with Crippen LogP contribution in [0.3, 0.4) is 0 Å². The minimum Gasteiger partial charge on any atom is -0.331 e. The molecule has 1 aromatic heterocycles. The van der Waals surface area contributed by atoms with Crippen LogP contribution < -0.4 is 5.32 Å². The molecule has 0 atom stereocenters. The molecular weight excluding hydrogens is 340 g/mol. The van der Waals surface area contributed by atoms with Gasteiger partial charge in [0.25, 0.3) is 0 Å². The molecule has 2 rings (SSSR count). The van der Waals surface area contributed by atoms with Crippen LogP contribution in [0, 0.1) is 6.92 Å². The molecule has 1 N–H and O–H groups in total. The molecule has 5 heteroatoms. The molecule has 0 aliphatic rings. The highest BCUT2D eigenvalue weighted by atomic mass is 79.9. The molecule has 0 aliphatic carbocycles. The van der Waals surface area contributed by atoms with Crippen LogP contribution in [0.2, 0.25) is 0 Å². The third kappa shape index (κ3) is 3.03. The fourth-order valence-corrected chi connectivity index (χ4v) is 3.02. The lowest BCUT2D eigenvalue weighted by molar-refractivity contribution is 1.34. The second kappa shape index (κ2) is 4.63. The van der Waals surface area contributed by atoms with Gasteiger partial charge in [-0.2, -0.15) is 0 Å².